The van der Waals surface area contributed by atoms with Gasteiger partial charge in [0, 0.05) is 24.7 Å². The van der Waals surface area contributed by atoms with Gasteiger partial charge in [0.2, 0.25) is 5.60 Å². The number of hydrogen-bond donors (Lipinski definition) is 3. The van der Waals surface area contributed by atoms with Gasteiger partial charge in [-0.1, -0.05) is 11.8 Å². The average Bonchev–Trinajstić information content (AvgIpc) is 3.10. The van der Waals surface area contributed by atoms with Gasteiger partial charge in [-0.3, -0.25) is 9.59 Å². The van der Waals surface area contributed by atoms with Gasteiger partial charge in [-0.2, -0.15) is 0 Å². The molecule has 2 aromatic rings. The van der Waals surface area contributed by atoms with Crippen molar-refractivity contribution in [3.63, 3.8) is 0 Å². The Kier molecular flexibility index (Phi) is 5.61. The molecule has 0 radical (unpaired) electrons. The van der Waals surface area contributed by atoms with E-state index in [2.05, 4.69) is 16.8 Å². The number of nitrogens with two attached hydrogens (primary N) is 1. The van der Waals surface area contributed by atoms with E-state index in [1.165, 1.54) is 11.8 Å². The first-order valence-corrected chi connectivity index (χ1v) is 9.72. The summed E-state index contributed by atoms with van der Waals surface area (Å²) in [6, 6.07) is 5.02. The number of aliphatic hydroxyl groups excluding tert-OH is 1. The Morgan fingerprint density at radius 1 is 1.48 bits per heavy atom. The van der Waals surface area contributed by atoms with E-state index in [0.29, 0.717) is 34.0 Å². The molecule has 0 bridgehead atoms. The van der Waals surface area contributed by atoms with Gasteiger partial charge in [-0.05, 0) is 32.0 Å². The van der Waals surface area contributed by atoms with Crippen LogP contribution >= 0.6 is 11.3 Å². The third-order valence-corrected chi connectivity index (χ3v) is 5.66. The van der Waals surface area contributed by atoms with Crippen molar-refractivity contribution in [1.29, 1.82) is 0 Å². The average molecular weight is 415 g/mol. The number of ether oxygens (including phenoxy) is 1. The molecule has 0 saturated carbocycles. The molecule has 1 aliphatic heterocycles. The van der Waals surface area contributed by atoms with Crippen LogP contribution in [-0.2, 0) is 4.79 Å². The second-order valence-corrected chi connectivity index (χ2v) is 7.81. The third kappa shape index (κ3) is 4.10. The molecule has 152 valence electrons. The molecule has 0 fully saturated rings. The van der Waals surface area contributed by atoms with Crippen LogP contribution in [-0.4, -0.2) is 57.7 Å². The second-order valence-electron chi connectivity index (χ2n) is 6.78. The topological polar surface area (TPSA) is 126 Å². The van der Waals surface area contributed by atoms with Crippen molar-refractivity contribution >= 4 is 23.2 Å². The molecule has 2 amide bonds. The molecule has 3 rings (SSSR count). The quantitative estimate of drug-likeness (QED) is 0.640. The number of aromatic nitrogens is 1. The van der Waals surface area contributed by atoms with Gasteiger partial charge in [0.05, 0.1) is 10.6 Å². The van der Waals surface area contributed by atoms with E-state index in [0.717, 1.165) is 11.3 Å². The Hall–Kier alpha value is -2.93. The van der Waals surface area contributed by atoms with Crippen LogP contribution in [0.4, 0.5) is 0 Å². The maximum absolute atomic E-state index is 12.2. The van der Waals surface area contributed by atoms with Crippen LogP contribution in [0.3, 0.4) is 0 Å². The Labute approximate surface area is 171 Å². The van der Waals surface area contributed by atoms with Crippen molar-refractivity contribution in [2.75, 3.05) is 20.2 Å². The zero-order valence-electron chi connectivity index (χ0n) is 16.2. The monoisotopic (exact) mass is 415 g/mol. The number of likely N-dealkylation sites (N-methyl/N-ethyl adjacent to an activating group) is 1. The van der Waals surface area contributed by atoms with E-state index in [1.54, 1.807) is 32.2 Å². The highest BCUT2D eigenvalue weighted by atomic mass is 32.1. The van der Waals surface area contributed by atoms with E-state index >= 15 is 0 Å². The molecule has 8 nitrogen and oxygen atoms in total. The molecule has 0 spiro atoms. The first-order chi connectivity index (χ1) is 13.6. The lowest BCUT2D eigenvalue weighted by Crippen LogP contribution is -2.44. The summed E-state index contributed by atoms with van der Waals surface area (Å²) in [5.74, 6) is 4.71. The highest BCUT2D eigenvalue weighted by Crippen LogP contribution is 2.41. The SMILES string of the molecule is CCN(C)C(=O)C(C)(O)C#Cc1ccc2c(c1)-c1nc(C(N)=O)sc1C(O)CO2. The number of carbonyl (C=O) groups is 2. The molecule has 9 heteroatoms. The van der Waals surface area contributed by atoms with Crippen molar-refractivity contribution < 1.29 is 24.5 Å². The predicted molar refractivity (Wildman–Crippen MR) is 107 cm³/mol. The fraction of sp³-hybridized carbons (Fsp3) is 0.350. The molecular weight excluding hydrogens is 394 g/mol. The molecule has 1 aromatic carbocycles. The Balaban J connectivity index is 2.03. The number of carbonyl (C=O) groups excluding carboxylic acids is 2. The number of benzene rings is 1. The maximum atomic E-state index is 12.2. The lowest BCUT2D eigenvalue weighted by atomic mass is 10.0. The zero-order chi connectivity index (χ0) is 21.3. The normalized spacial score (nSPS) is 16.8. The van der Waals surface area contributed by atoms with Crippen LogP contribution in [0.2, 0.25) is 0 Å². The number of thiazole rings is 1. The predicted octanol–water partition coefficient (Wildman–Crippen LogP) is 0.916. The Bertz CT molecular complexity index is 1030. The maximum Gasteiger partial charge on any atom is 0.277 e. The number of amides is 2. The van der Waals surface area contributed by atoms with Gasteiger partial charge in [-0.25, -0.2) is 4.98 Å². The molecule has 2 atom stereocenters. The van der Waals surface area contributed by atoms with E-state index in [-0.39, 0.29) is 11.6 Å². The molecule has 2 unspecified atom stereocenters. The Morgan fingerprint density at radius 2 is 2.21 bits per heavy atom. The lowest BCUT2D eigenvalue weighted by molar-refractivity contribution is -0.142. The molecular formula is C20H21N3O5S. The number of hydrogen-bond acceptors (Lipinski definition) is 7. The highest BCUT2D eigenvalue weighted by molar-refractivity contribution is 7.14. The smallest absolute Gasteiger partial charge is 0.277 e. The second kappa shape index (κ2) is 7.83. The van der Waals surface area contributed by atoms with E-state index in [4.69, 9.17) is 10.5 Å². The number of fused-ring (bicyclic) bond motifs is 3. The standard InChI is InChI=1S/C20H21N3O5S/c1-4-23(3)19(26)20(2,27)8-7-11-5-6-14-12(9-11)15-16(13(24)10-28-14)29-18(22-15)17(21)25/h5-6,9,13,24,27H,4,10H2,1-3H3,(H2,21,25). The van der Waals surface area contributed by atoms with Crippen LogP contribution < -0.4 is 10.5 Å². The molecule has 0 aliphatic carbocycles. The van der Waals surface area contributed by atoms with Crippen molar-refractivity contribution in [2.45, 2.75) is 25.6 Å². The minimum Gasteiger partial charge on any atom is -0.490 e. The summed E-state index contributed by atoms with van der Waals surface area (Å²) in [5.41, 5.74) is 4.95. The summed E-state index contributed by atoms with van der Waals surface area (Å²) < 4.78 is 5.63. The fourth-order valence-corrected chi connectivity index (χ4v) is 3.68. The van der Waals surface area contributed by atoms with Crippen molar-refractivity contribution in [3.05, 3.63) is 33.6 Å². The number of aliphatic hydroxyl groups is 2. The molecule has 0 saturated heterocycles. The summed E-state index contributed by atoms with van der Waals surface area (Å²) in [6.45, 7) is 3.60. The van der Waals surface area contributed by atoms with Crippen molar-refractivity contribution in [3.8, 4) is 28.8 Å². The summed E-state index contributed by atoms with van der Waals surface area (Å²) >= 11 is 1.02. The van der Waals surface area contributed by atoms with Crippen molar-refractivity contribution in [1.82, 2.24) is 9.88 Å². The highest BCUT2D eigenvalue weighted by Gasteiger charge is 2.31. The van der Waals surface area contributed by atoms with Crippen LogP contribution in [0.15, 0.2) is 18.2 Å². The van der Waals surface area contributed by atoms with Crippen LogP contribution in [0.5, 0.6) is 5.75 Å². The van der Waals surface area contributed by atoms with E-state index in [9.17, 15) is 19.8 Å². The van der Waals surface area contributed by atoms with Crippen LogP contribution in [0, 0.1) is 11.8 Å². The van der Waals surface area contributed by atoms with Gasteiger partial charge in [-0.15, -0.1) is 11.3 Å². The zero-order valence-corrected chi connectivity index (χ0v) is 17.0. The largest absolute Gasteiger partial charge is 0.490 e. The first-order valence-electron chi connectivity index (χ1n) is 8.91. The van der Waals surface area contributed by atoms with Crippen LogP contribution in [0.1, 0.15) is 40.2 Å². The van der Waals surface area contributed by atoms with Gasteiger partial charge in [0.15, 0.2) is 5.01 Å². The van der Waals surface area contributed by atoms with Crippen molar-refractivity contribution in [2.24, 2.45) is 5.73 Å². The molecule has 1 aliphatic rings. The number of nitrogens with zero attached hydrogens (tertiary/aromatic N) is 2. The molecule has 29 heavy (non-hydrogen) atoms. The number of primary amides is 1. The lowest BCUT2D eigenvalue weighted by Gasteiger charge is -2.22. The molecule has 4 N–H and O–H groups in total. The summed E-state index contributed by atoms with van der Waals surface area (Å²) in [7, 11) is 1.59. The number of rotatable bonds is 3. The fourth-order valence-electron chi connectivity index (χ4n) is 2.78. The first kappa shape index (κ1) is 20.8. The summed E-state index contributed by atoms with van der Waals surface area (Å²) in [5, 5.41) is 20.8. The van der Waals surface area contributed by atoms with Crippen LogP contribution in [0.25, 0.3) is 11.3 Å². The van der Waals surface area contributed by atoms with Gasteiger partial charge in [0.1, 0.15) is 18.5 Å². The summed E-state index contributed by atoms with van der Waals surface area (Å²) in [4.78, 5) is 29.9. The molecule has 2 heterocycles. The molecule has 1 aromatic heterocycles. The van der Waals surface area contributed by atoms with Gasteiger partial charge < -0.3 is 25.6 Å². The Morgan fingerprint density at radius 3 is 2.86 bits per heavy atom. The minimum absolute atomic E-state index is 0.0119. The van der Waals surface area contributed by atoms with Gasteiger partial charge in [0.25, 0.3) is 11.8 Å². The van der Waals surface area contributed by atoms with Gasteiger partial charge >= 0.3 is 0 Å². The third-order valence-electron chi connectivity index (χ3n) is 4.49. The summed E-state index contributed by atoms with van der Waals surface area (Å²) in [6.07, 6.45) is -0.944. The minimum atomic E-state index is -1.84. The van der Waals surface area contributed by atoms with E-state index in [1.807, 2.05) is 0 Å². The van der Waals surface area contributed by atoms with E-state index < -0.39 is 23.5 Å².